The van der Waals surface area contributed by atoms with Crippen LogP contribution in [0.25, 0.3) is 11.0 Å². The maximum Gasteiger partial charge on any atom is 0.292 e. The SMILES string of the molecule is O=c1cnn2c(=O)c(=Cc3cccs3)sc2n1. The molecule has 0 aliphatic heterocycles. The molecule has 0 spiro atoms. The van der Waals surface area contributed by atoms with Gasteiger partial charge in [0, 0.05) is 4.88 Å². The Morgan fingerprint density at radius 2 is 2.24 bits per heavy atom. The molecular weight excluding hydrogens is 258 g/mol. The number of thiazole rings is 1. The predicted octanol–water partition coefficient (Wildman–Crippen LogP) is 0.120. The van der Waals surface area contributed by atoms with Gasteiger partial charge in [0.05, 0.1) is 4.53 Å². The Balaban J connectivity index is 2.36. The second-order valence-corrected chi connectivity index (χ2v) is 5.21. The molecule has 0 radical (unpaired) electrons. The van der Waals surface area contributed by atoms with Gasteiger partial charge in [-0.3, -0.25) is 9.59 Å². The molecule has 0 aliphatic carbocycles. The third kappa shape index (κ3) is 1.79. The molecule has 3 rings (SSSR count). The molecule has 7 heteroatoms. The molecule has 0 saturated carbocycles. The zero-order valence-corrected chi connectivity index (χ0v) is 9.99. The summed E-state index contributed by atoms with van der Waals surface area (Å²) in [7, 11) is 0. The average molecular weight is 263 g/mol. The van der Waals surface area contributed by atoms with Gasteiger partial charge in [0.25, 0.3) is 11.1 Å². The van der Waals surface area contributed by atoms with Crippen LogP contribution in [0.15, 0.2) is 33.3 Å². The predicted molar refractivity (Wildman–Crippen MR) is 66.5 cm³/mol. The van der Waals surface area contributed by atoms with Gasteiger partial charge < -0.3 is 0 Å². The van der Waals surface area contributed by atoms with E-state index >= 15 is 0 Å². The number of aromatic nitrogens is 3. The van der Waals surface area contributed by atoms with E-state index in [1.165, 1.54) is 11.3 Å². The third-order valence-electron chi connectivity index (χ3n) is 2.09. The fourth-order valence-corrected chi connectivity index (χ4v) is 3.01. The molecule has 0 N–H and O–H groups in total. The average Bonchev–Trinajstić information content (AvgIpc) is 2.89. The van der Waals surface area contributed by atoms with Crippen LogP contribution in [-0.4, -0.2) is 14.6 Å². The van der Waals surface area contributed by atoms with Crippen molar-refractivity contribution in [1.29, 1.82) is 0 Å². The molecule has 0 fully saturated rings. The van der Waals surface area contributed by atoms with E-state index in [1.807, 2.05) is 17.5 Å². The van der Waals surface area contributed by atoms with Gasteiger partial charge in [-0.15, -0.1) is 11.3 Å². The van der Waals surface area contributed by atoms with E-state index in [0.717, 1.165) is 26.9 Å². The Morgan fingerprint density at radius 1 is 1.35 bits per heavy atom. The van der Waals surface area contributed by atoms with E-state index in [9.17, 15) is 9.59 Å². The van der Waals surface area contributed by atoms with Gasteiger partial charge in [-0.1, -0.05) is 17.4 Å². The monoisotopic (exact) mass is 263 g/mol. The summed E-state index contributed by atoms with van der Waals surface area (Å²) in [5.74, 6) is 0. The highest BCUT2D eigenvalue weighted by Gasteiger charge is 2.05. The van der Waals surface area contributed by atoms with E-state index in [4.69, 9.17) is 0 Å². The van der Waals surface area contributed by atoms with E-state index in [-0.39, 0.29) is 5.56 Å². The van der Waals surface area contributed by atoms with Crippen molar-refractivity contribution in [3.63, 3.8) is 0 Å². The topological polar surface area (TPSA) is 64.3 Å². The van der Waals surface area contributed by atoms with Crippen molar-refractivity contribution in [3.05, 3.63) is 53.8 Å². The first-order chi connectivity index (χ1) is 8.24. The summed E-state index contributed by atoms with van der Waals surface area (Å²) in [5, 5.41) is 5.69. The van der Waals surface area contributed by atoms with Crippen LogP contribution in [0.3, 0.4) is 0 Å². The van der Waals surface area contributed by atoms with E-state index in [0.29, 0.717) is 9.49 Å². The molecule has 84 valence electrons. The van der Waals surface area contributed by atoms with Crippen LogP contribution in [0, 0.1) is 0 Å². The molecule has 0 atom stereocenters. The Morgan fingerprint density at radius 3 is 3.00 bits per heavy atom. The number of thiophene rings is 1. The first-order valence-corrected chi connectivity index (χ1v) is 6.38. The number of nitrogens with zero attached hydrogens (tertiary/aromatic N) is 3. The lowest BCUT2D eigenvalue weighted by Gasteiger charge is -1.83. The quantitative estimate of drug-likeness (QED) is 0.625. The minimum atomic E-state index is -0.436. The Hall–Kier alpha value is -1.86. The molecule has 0 aliphatic rings. The van der Waals surface area contributed by atoms with E-state index in [2.05, 4.69) is 10.1 Å². The van der Waals surface area contributed by atoms with Crippen LogP contribution in [0.4, 0.5) is 0 Å². The molecule has 0 aromatic carbocycles. The highest BCUT2D eigenvalue weighted by Crippen LogP contribution is 2.08. The van der Waals surface area contributed by atoms with Crippen molar-refractivity contribution in [1.82, 2.24) is 14.6 Å². The molecular formula is C10H5N3O2S2. The molecule has 3 aromatic rings. The van der Waals surface area contributed by atoms with Gasteiger partial charge in [-0.2, -0.15) is 14.6 Å². The molecule has 5 nitrogen and oxygen atoms in total. The second kappa shape index (κ2) is 3.86. The van der Waals surface area contributed by atoms with Crippen molar-refractivity contribution in [2.45, 2.75) is 0 Å². The van der Waals surface area contributed by atoms with E-state index in [1.54, 1.807) is 6.08 Å². The van der Waals surface area contributed by atoms with E-state index < -0.39 is 5.56 Å². The summed E-state index contributed by atoms with van der Waals surface area (Å²) >= 11 is 2.70. The zero-order valence-electron chi connectivity index (χ0n) is 8.36. The van der Waals surface area contributed by atoms with Crippen LogP contribution in [-0.2, 0) is 0 Å². The Kier molecular flexibility index (Phi) is 2.34. The van der Waals surface area contributed by atoms with Crippen molar-refractivity contribution < 1.29 is 0 Å². The summed E-state index contributed by atoms with van der Waals surface area (Å²) < 4.78 is 1.67. The fraction of sp³-hybridized carbons (Fsp3) is 0. The highest BCUT2D eigenvalue weighted by atomic mass is 32.1. The van der Waals surface area contributed by atoms with Crippen molar-refractivity contribution in [2.75, 3.05) is 0 Å². The number of rotatable bonds is 1. The van der Waals surface area contributed by atoms with Gasteiger partial charge >= 0.3 is 0 Å². The van der Waals surface area contributed by atoms with Gasteiger partial charge in [0.1, 0.15) is 6.20 Å². The number of fused-ring (bicyclic) bond motifs is 1. The minimum absolute atomic E-state index is 0.245. The minimum Gasteiger partial charge on any atom is -0.266 e. The van der Waals surface area contributed by atoms with Crippen molar-refractivity contribution >= 4 is 33.7 Å². The summed E-state index contributed by atoms with van der Waals surface area (Å²) in [6, 6.07) is 3.83. The van der Waals surface area contributed by atoms with Crippen molar-refractivity contribution in [2.24, 2.45) is 0 Å². The molecule has 0 saturated heterocycles. The Labute approximate surface area is 102 Å². The first-order valence-electron chi connectivity index (χ1n) is 4.68. The third-order valence-corrected chi connectivity index (χ3v) is 3.87. The molecule has 0 amide bonds. The zero-order chi connectivity index (χ0) is 11.8. The van der Waals surface area contributed by atoms with Crippen LogP contribution in [0.1, 0.15) is 4.88 Å². The maximum atomic E-state index is 11.9. The van der Waals surface area contributed by atoms with Crippen LogP contribution >= 0.6 is 22.7 Å². The second-order valence-electron chi connectivity index (χ2n) is 3.22. The van der Waals surface area contributed by atoms with Crippen LogP contribution in [0.2, 0.25) is 0 Å². The maximum absolute atomic E-state index is 11.9. The first kappa shape index (κ1) is 10.3. The summed E-state index contributed by atoms with van der Waals surface area (Å²) in [4.78, 5) is 28.0. The van der Waals surface area contributed by atoms with Crippen LogP contribution in [0.5, 0.6) is 0 Å². The lowest BCUT2D eigenvalue weighted by atomic mass is 10.4. The molecule has 3 aromatic heterocycles. The number of hydrogen-bond donors (Lipinski definition) is 0. The molecule has 17 heavy (non-hydrogen) atoms. The summed E-state index contributed by atoms with van der Waals surface area (Å²) in [6.07, 6.45) is 2.81. The van der Waals surface area contributed by atoms with Gasteiger partial charge in [-0.05, 0) is 17.5 Å². The number of hydrogen-bond acceptors (Lipinski definition) is 6. The normalized spacial score (nSPS) is 12.4. The Bertz CT molecular complexity index is 833. The fourth-order valence-electron chi connectivity index (χ4n) is 1.37. The lowest BCUT2D eigenvalue weighted by molar-refractivity contribution is 0.866. The lowest BCUT2D eigenvalue weighted by Crippen LogP contribution is -2.25. The van der Waals surface area contributed by atoms with Crippen molar-refractivity contribution in [3.8, 4) is 0 Å². The van der Waals surface area contributed by atoms with Gasteiger partial charge in [0.15, 0.2) is 0 Å². The smallest absolute Gasteiger partial charge is 0.266 e. The summed E-state index contributed by atoms with van der Waals surface area (Å²) in [6.45, 7) is 0. The summed E-state index contributed by atoms with van der Waals surface area (Å²) in [5.41, 5.74) is -0.681. The largest absolute Gasteiger partial charge is 0.292 e. The molecule has 0 unspecified atom stereocenters. The van der Waals surface area contributed by atoms with Gasteiger partial charge in [0.2, 0.25) is 4.96 Å². The molecule has 3 heterocycles. The highest BCUT2D eigenvalue weighted by molar-refractivity contribution is 7.15. The van der Waals surface area contributed by atoms with Gasteiger partial charge in [-0.25, -0.2) is 0 Å². The standard InChI is InChI=1S/C10H5N3O2S2/c14-8-5-11-13-9(15)7(17-10(13)12-8)4-6-2-1-3-16-6/h1-5H. The van der Waals surface area contributed by atoms with Crippen LogP contribution < -0.4 is 15.7 Å². The molecule has 0 bridgehead atoms.